The molecule has 2 aromatic carbocycles. The lowest BCUT2D eigenvalue weighted by molar-refractivity contribution is -0.145. The van der Waals surface area contributed by atoms with E-state index >= 15 is 0 Å². The summed E-state index contributed by atoms with van der Waals surface area (Å²) in [7, 11) is 0. The van der Waals surface area contributed by atoms with E-state index in [4.69, 9.17) is 15.6 Å². The molecular weight excluding hydrogens is 330 g/mol. The molecule has 0 fully saturated rings. The van der Waals surface area contributed by atoms with Crippen LogP contribution in [0, 0.1) is 5.92 Å². The van der Waals surface area contributed by atoms with E-state index in [9.17, 15) is 9.59 Å². The van der Waals surface area contributed by atoms with Gasteiger partial charge in [-0.15, -0.1) is 0 Å². The van der Waals surface area contributed by atoms with Crippen molar-refractivity contribution in [3.05, 3.63) is 59.7 Å². The Bertz CT molecular complexity index is 772. The summed E-state index contributed by atoms with van der Waals surface area (Å²) in [6.07, 6.45) is 0.558. The number of hydrogen-bond donors (Lipinski definition) is 2. The number of carbonyl (C=O) groups is 2. The molecule has 0 saturated carbocycles. The molecule has 0 aliphatic heterocycles. The maximum absolute atomic E-state index is 12.1. The van der Waals surface area contributed by atoms with E-state index in [-0.39, 0.29) is 30.8 Å². The maximum atomic E-state index is 12.1. The number of rotatable bonds is 7. The van der Waals surface area contributed by atoms with Crippen LogP contribution in [0.4, 0.5) is 0 Å². The van der Waals surface area contributed by atoms with Gasteiger partial charge in [-0.3, -0.25) is 9.59 Å². The molecule has 2 atom stereocenters. The standard InChI is InChI=1S/C21H23NO4/c1-13(20(22)21(24)25)10-11-19(23)26-12-18-16-8-4-2-6-14(16)15-7-3-5-9-17(15)18/h2-9,13,18,20H,10-12,22H2,1H3,(H,24,25)/t13-,20-/m0/s1. The zero-order valence-electron chi connectivity index (χ0n) is 14.7. The summed E-state index contributed by atoms with van der Waals surface area (Å²) < 4.78 is 5.50. The lowest BCUT2D eigenvalue weighted by Gasteiger charge is -2.17. The summed E-state index contributed by atoms with van der Waals surface area (Å²) >= 11 is 0. The Labute approximate surface area is 152 Å². The minimum atomic E-state index is -1.05. The highest BCUT2D eigenvalue weighted by molar-refractivity contribution is 5.79. The van der Waals surface area contributed by atoms with E-state index in [0.717, 1.165) is 0 Å². The van der Waals surface area contributed by atoms with Gasteiger partial charge in [0.05, 0.1) is 0 Å². The van der Waals surface area contributed by atoms with Crippen LogP contribution in [0.2, 0.25) is 0 Å². The summed E-state index contributed by atoms with van der Waals surface area (Å²) in [6, 6.07) is 15.4. The van der Waals surface area contributed by atoms with Crippen molar-refractivity contribution in [2.75, 3.05) is 6.61 Å². The number of hydrogen-bond acceptors (Lipinski definition) is 4. The van der Waals surface area contributed by atoms with E-state index in [1.165, 1.54) is 22.3 Å². The van der Waals surface area contributed by atoms with Gasteiger partial charge in [-0.25, -0.2) is 0 Å². The van der Waals surface area contributed by atoms with Crippen LogP contribution in [0.5, 0.6) is 0 Å². The van der Waals surface area contributed by atoms with Crippen molar-refractivity contribution < 1.29 is 19.4 Å². The Morgan fingerprint density at radius 1 is 1.08 bits per heavy atom. The molecule has 3 rings (SSSR count). The van der Waals surface area contributed by atoms with Crippen LogP contribution < -0.4 is 5.73 Å². The first kappa shape index (κ1) is 18.1. The molecule has 0 bridgehead atoms. The monoisotopic (exact) mass is 353 g/mol. The lowest BCUT2D eigenvalue weighted by Crippen LogP contribution is -2.36. The minimum Gasteiger partial charge on any atom is -0.480 e. The summed E-state index contributed by atoms with van der Waals surface area (Å²) in [5.74, 6) is -1.63. The van der Waals surface area contributed by atoms with Crippen LogP contribution in [-0.2, 0) is 14.3 Å². The molecule has 5 heteroatoms. The minimum absolute atomic E-state index is 0.0325. The van der Waals surface area contributed by atoms with Gasteiger partial charge in [0.25, 0.3) is 0 Å². The molecule has 1 aliphatic carbocycles. The first-order chi connectivity index (χ1) is 12.5. The van der Waals surface area contributed by atoms with Crippen LogP contribution >= 0.6 is 0 Å². The fourth-order valence-electron chi connectivity index (χ4n) is 3.46. The van der Waals surface area contributed by atoms with Crippen LogP contribution in [-0.4, -0.2) is 29.7 Å². The average molecular weight is 353 g/mol. The Morgan fingerprint density at radius 2 is 1.62 bits per heavy atom. The first-order valence-corrected chi connectivity index (χ1v) is 8.81. The average Bonchev–Trinajstić information content (AvgIpc) is 2.97. The van der Waals surface area contributed by atoms with Crippen molar-refractivity contribution in [1.82, 2.24) is 0 Å². The maximum Gasteiger partial charge on any atom is 0.320 e. The molecule has 5 nitrogen and oxygen atoms in total. The van der Waals surface area contributed by atoms with Crippen LogP contribution in [0.15, 0.2) is 48.5 Å². The third-order valence-electron chi connectivity index (χ3n) is 5.08. The second kappa shape index (κ2) is 7.70. The molecule has 0 heterocycles. The predicted octanol–water partition coefficient (Wildman–Crippen LogP) is 3.17. The molecule has 26 heavy (non-hydrogen) atoms. The molecule has 136 valence electrons. The van der Waals surface area contributed by atoms with Crippen LogP contribution in [0.1, 0.15) is 36.8 Å². The Morgan fingerprint density at radius 3 is 2.15 bits per heavy atom. The van der Waals surface area contributed by atoms with E-state index in [1.54, 1.807) is 6.92 Å². The normalized spacial score (nSPS) is 15.0. The second-order valence-electron chi connectivity index (χ2n) is 6.79. The van der Waals surface area contributed by atoms with Crippen molar-refractivity contribution in [3.63, 3.8) is 0 Å². The summed E-state index contributed by atoms with van der Waals surface area (Å²) in [4.78, 5) is 23.0. The zero-order valence-corrected chi connectivity index (χ0v) is 14.7. The number of carboxylic acid groups (broad SMARTS) is 1. The van der Waals surface area contributed by atoms with Crippen molar-refractivity contribution >= 4 is 11.9 Å². The Balaban J connectivity index is 1.61. The third kappa shape index (κ3) is 3.63. The Hall–Kier alpha value is -2.66. The molecule has 0 radical (unpaired) electrons. The van der Waals surface area contributed by atoms with Crippen molar-refractivity contribution in [1.29, 1.82) is 0 Å². The van der Waals surface area contributed by atoms with Crippen LogP contribution in [0.25, 0.3) is 11.1 Å². The molecule has 0 aromatic heterocycles. The van der Waals surface area contributed by atoms with Crippen molar-refractivity contribution in [2.24, 2.45) is 11.7 Å². The first-order valence-electron chi connectivity index (χ1n) is 8.81. The number of benzene rings is 2. The number of fused-ring (bicyclic) bond motifs is 3. The number of nitrogens with two attached hydrogens (primary N) is 1. The van der Waals surface area contributed by atoms with Gasteiger partial charge in [-0.05, 0) is 34.6 Å². The highest BCUT2D eigenvalue weighted by Crippen LogP contribution is 2.44. The molecular formula is C21H23NO4. The van der Waals surface area contributed by atoms with Crippen molar-refractivity contribution in [2.45, 2.75) is 31.7 Å². The molecule has 0 unspecified atom stereocenters. The number of carboxylic acids is 1. The summed E-state index contributed by atoms with van der Waals surface area (Å²) in [6.45, 7) is 2.02. The highest BCUT2D eigenvalue weighted by atomic mass is 16.5. The van der Waals surface area contributed by atoms with Gasteiger partial charge in [-0.1, -0.05) is 55.5 Å². The van der Waals surface area contributed by atoms with E-state index in [0.29, 0.717) is 6.42 Å². The molecule has 1 aliphatic rings. The van der Waals surface area contributed by atoms with E-state index in [2.05, 4.69) is 24.3 Å². The van der Waals surface area contributed by atoms with Crippen LogP contribution in [0.3, 0.4) is 0 Å². The fraction of sp³-hybridized carbons (Fsp3) is 0.333. The van der Waals surface area contributed by atoms with E-state index < -0.39 is 12.0 Å². The number of carbonyl (C=O) groups excluding carboxylic acids is 1. The third-order valence-corrected chi connectivity index (χ3v) is 5.08. The van der Waals surface area contributed by atoms with Crippen molar-refractivity contribution in [3.8, 4) is 11.1 Å². The fourth-order valence-corrected chi connectivity index (χ4v) is 3.46. The van der Waals surface area contributed by atoms with Gasteiger partial charge in [0.1, 0.15) is 12.6 Å². The van der Waals surface area contributed by atoms with E-state index in [1.807, 2.05) is 24.3 Å². The second-order valence-corrected chi connectivity index (χ2v) is 6.79. The Kier molecular flexibility index (Phi) is 5.38. The topological polar surface area (TPSA) is 89.6 Å². The molecule has 3 N–H and O–H groups in total. The molecule has 0 spiro atoms. The quantitative estimate of drug-likeness (QED) is 0.746. The zero-order chi connectivity index (χ0) is 18.7. The summed E-state index contributed by atoms with van der Waals surface area (Å²) in [5, 5.41) is 8.91. The lowest BCUT2D eigenvalue weighted by atomic mass is 9.97. The largest absolute Gasteiger partial charge is 0.480 e. The SMILES string of the molecule is C[C@@H](CCC(=O)OCC1c2ccccc2-c2ccccc21)[C@H](N)C(=O)O. The number of esters is 1. The summed E-state index contributed by atoms with van der Waals surface area (Å²) in [5.41, 5.74) is 10.3. The molecule has 2 aromatic rings. The van der Waals surface area contributed by atoms with Gasteiger partial charge >= 0.3 is 11.9 Å². The molecule has 0 saturated heterocycles. The van der Waals surface area contributed by atoms with Gasteiger partial charge in [-0.2, -0.15) is 0 Å². The highest BCUT2D eigenvalue weighted by Gasteiger charge is 2.29. The van der Waals surface area contributed by atoms with Gasteiger partial charge in [0.15, 0.2) is 0 Å². The smallest absolute Gasteiger partial charge is 0.320 e. The van der Waals surface area contributed by atoms with Gasteiger partial charge < -0.3 is 15.6 Å². The molecule has 0 amide bonds. The van der Waals surface area contributed by atoms with Gasteiger partial charge in [0.2, 0.25) is 0 Å². The number of ether oxygens (including phenoxy) is 1. The predicted molar refractivity (Wildman–Crippen MR) is 98.7 cm³/mol. The number of aliphatic carboxylic acids is 1. The van der Waals surface area contributed by atoms with Gasteiger partial charge in [0, 0.05) is 12.3 Å².